The van der Waals surface area contributed by atoms with Gasteiger partial charge in [-0.15, -0.1) is 11.8 Å². The molecule has 2 aromatic carbocycles. The van der Waals surface area contributed by atoms with Gasteiger partial charge in [-0.25, -0.2) is 4.79 Å². The molecule has 136 valence electrons. The number of anilines is 1. The summed E-state index contributed by atoms with van der Waals surface area (Å²) in [6.07, 6.45) is -0.409. The lowest BCUT2D eigenvalue weighted by atomic mass is 9.92. The van der Waals surface area contributed by atoms with Gasteiger partial charge in [0.05, 0.1) is 11.3 Å². The molecule has 0 radical (unpaired) electrons. The molecule has 1 aliphatic rings. The number of ether oxygens (including phenoxy) is 1. The van der Waals surface area contributed by atoms with Gasteiger partial charge in [0.2, 0.25) is 0 Å². The molecule has 3 rings (SSSR count). The van der Waals surface area contributed by atoms with Gasteiger partial charge < -0.3 is 10.1 Å². The Balaban J connectivity index is 1.80. The van der Waals surface area contributed by atoms with E-state index in [1.807, 2.05) is 36.4 Å². The van der Waals surface area contributed by atoms with E-state index in [9.17, 15) is 9.59 Å². The first-order chi connectivity index (χ1) is 12.5. The van der Waals surface area contributed by atoms with Gasteiger partial charge in [0.1, 0.15) is 0 Å². The molecule has 1 aliphatic heterocycles. The van der Waals surface area contributed by atoms with Gasteiger partial charge in [0.15, 0.2) is 6.10 Å². The van der Waals surface area contributed by atoms with E-state index in [0.29, 0.717) is 17.9 Å². The fourth-order valence-electron chi connectivity index (χ4n) is 2.99. The van der Waals surface area contributed by atoms with Crippen molar-refractivity contribution in [3.05, 3.63) is 59.2 Å². The summed E-state index contributed by atoms with van der Waals surface area (Å²) in [6.45, 7) is 6.28. The van der Waals surface area contributed by atoms with Crippen LogP contribution in [0, 0.1) is 0 Å². The largest absolute Gasteiger partial charge is 0.448 e. The Bertz CT molecular complexity index is 832. The lowest BCUT2D eigenvalue weighted by molar-refractivity contribution is -0.125. The maximum atomic E-state index is 12.7. The number of carbonyl (C=O) groups is 2. The van der Waals surface area contributed by atoms with Crippen molar-refractivity contribution < 1.29 is 14.3 Å². The first-order valence-electron chi connectivity index (χ1n) is 8.86. The third-order valence-electron chi connectivity index (χ3n) is 4.41. The van der Waals surface area contributed by atoms with E-state index in [1.54, 1.807) is 17.8 Å². The zero-order valence-electron chi connectivity index (χ0n) is 15.2. The zero-order valence-corrected chi connectivity index (χ0v) is 16.1. The van der Waals surface area contributed by atoms with Crippen LogP contribution in [0.5, 0.6) is 0 Å². The number of hydrogen-bond donors (Lipinski definition) is 1. The Morgan fingerprint density at radius 1 is 1.27 bits per heavy atom. The van der Waals surface area contributed by atoms with Crippen LogP contribution in [0.4, 0.5) is 5.69 Å². The van der Waals surface area contributed by atoms with Crippen molar-refractivity contribution in [3.8, 4) is 0 Å². The number of benzene rings is 2. The number of carbonyl (C=O) groups excluding carboxylic acids is 2. The summed E-state index contributed by atoms with van der Waals surface area (Å²) in [5.41, 5.74) is 3.34. The highest BCUT2D eigenvalue weighted by Gasteiger charge is 2.31. The van der Waals surface area contributed by atoms with Gasteiger partial charge in [-0.1, -0.05) is 45.0 Å². The number of para-hydroxylation sites is 1. The number of thioether (sulfide) groups is 1. The summed E-state index contributed by atoms with van der Waals surface area (Å²) >= 11 is 1.66. The molecule has 1 N–H and O–H groups in total. The second-order valence-corrected chi connectivity index (χ2v) is 7.89. The van der Waals surface area contributed by atoms with Gasteiger partial charge in [-0.05, 0) is 41.0 Å². The average molecular weight is 369 g/mol. The van der Waals surface area contributed by atoms with E-state index in [2.05, 4.69) is 26.1 Å². The first kappa shape index (κ1) is 18.5. The Morgan fingerprint density at radius 2 is 2.04 bits per heavy atom. The molecule has 4 nitrogen and oxygen atoms in total. The quantitative estimate of drug-likeness (QED) is 0.616. The molecule has 0 saturated heterocycles. The van der Waals surface area contributed by atoms with E-state index in [4.69, 9.17) is 4.74 Å². The molecule has 5 heteroatoms. The molecule has 0 aliphatic carbocycles. The normalized spacial score (nSPS) is 16.2. The Labute approximate surface area is 158 Å². The summed E-state index contributed by atoms with van der Waals surface area (Å²) < 4.78 is 5.39. The number of hydrogen-bond acceptors (Lipinski definition) is 4. The molecule has 1 amide bonds. The van der Waals surface area contributed by atoms with Crippen LogP contribution >= 0.6 is 11.8 Å². The van der Waals surface area contributed by atoms with Crippen LogP contribution in [-0.2, 0) is 16.0 Å². The monoisotopic (exact) mass is 369 g/mol. The second-order valence-electron chi connectivity index (χ2n) is 6.59. The SMILES string of the molecule is CCSc1ccccc1NC(=O)C1Cc2cc(C(C)C)ccc2C(=O)O1. The second kappa shape index (κ2) is 7.96. The van der Waals surface area contributed by atoms with Crippen LogP contribution < -0.4 is 5.32 Å². The van der Waals surface area contributed by atoms with Crippen molar-refractivity contribution in [2.45, 2.75) is 44.1 Å². The minimum Gasteiger partial charge on any atom is -0.448 e. The maximum Gasteiger partial charge on any atom is 0.339 e. The topological polar surface area (TPSA) is 55.4 Å². The molecule has 0 fully saturated rings. The number of nitrogens with one attached hydrogen (secondary N) is 1. The molecule has 0 bridgehead atoms. The van der Waals surface area contributed by atoms with E-state index in [-0.39, 0.29) is 5.91 Å². The lowest BCUT2D eigenvalue weighted by Crippen LogP contribution is -2.38. The zero-order chi connectivity index (χ0) is 18.7. The van der Waals surface area contributed by atoms with Crippen molar-refractivity contribution in [1.82, 2.24) is 0 Å². The molecule has 0 aromatic heterocycles. The molecule has 1 atom stereocenters. The predicted octanol–water partition coefficient (Wildman–Crippen LogP) is 4.64. The molecule has 1 unspecified atom stereocenters. The minimum absolute atomic E-state index is 0.289. The lowest BCUT2D eigenvalue weighted by Gasteiger charge is -2.25. The highest BCUT2D eigenvalue weighted by atomic mass is 32.2. The fourth-order valence-corrected chi connectivity index (χ4v) is 3.75. The molecule has 2 aromatic rings. The van der Waals surface area contributed by atoms with Gasteiger partial charge >= 0.3 is 5.97 Å². The Hall–Kier alpha value is -2.27. The molecule has 0 saturated carbocycles. The minimum atomic E-state index is -0.808. The highest BCUT2D eigenvalue weighted by molar-refractivity contribution is 7.99. The van der Waals surface area contributed by atoms with Gasteiger partial charge in [-0.3, -0.25) is 4.79 Å². The molecule has 0 spiro atoms. The van der Waals surface area contributed by atoms with E-state index in [1.165, 1.54) is 0 Å². The summed E-state index contributed by atoms with van der Waals surface area (Å²) in [4.78, 5) is 26.0. The summed E-state index contributed by atoms with van der Waals surface area (Å²) in [7, 11) is 0. The molecular formula is C21H23NO3S. The van der Waals surface area contributed by atoms with Crippen LogP contribution in [-0.4, -0.2) is 23.7 Å². The van der Waals surface area contributed by atoms with Gasteiger partial charge in [0.25, 0.3) is 5.91 Å². The van der Waals surface area contributed by atoms with Crippen molar-refractivity contribution in [2.75, 3.05) is 11.1 Å². The predicted molar refractivity (Wildman–Crippen MR) is 105 cm³/mol. The highest BCUT2D eigenvalue weighted by Crippen LogP contribution is 2.29. The fraction of sp³-hybridized carbons (Fsp3) is 0.333. The van der Waals surface area contributed by atoms with Crippen LogP contribution in [0.15, 0.2) is 47.4 Å². The standard InChI is InChI=1S/C21H23NO3S/c1-4-26-19-8-6-5-7-17(19)22-20(23)18-12-15-11-14(13(2)3)9-10-16(15)21(24)25-18/h5-11,13,18H,4,12H2,1-3H3,(H,22,23). The van der Waals surface area contributed by atoms with E-state index in [0.717, 1.165) is 27.5 Å². The first-order valence-corrected chi connectivity index (χ1v) is 9.84. The Morgan fingerprint density at radius 3 is 2.77 bits per heavy atom. The molecule has 26 heavy (non-hydrogen) atoms. The smallest absolute Gasteiger partial charge is 0.339 e. The molecular weight excluding hydrogens is 346 g/mol. The number of rotatable bonds is 5. The molecule has 1 heterocycles. The van der Waals surface area contributed by atoms with Crippen LogP contribution in [0.25, 0.3) is 0 Å². The van der Waals surface area contributed by atoms with Crippen molar-refractivity contribution in [2.24, 2.45) is 0 Å². The summed E-state index contributed by atoms with van der Waals surface area (Å²) in [5.74, 6) is 0.556. The number of esters is 1. The van der Waals surface area contributed by atoms with Gasteiger partial charge in [0, 0.05) is 11.3 Å². The van der Waals surface area contributed by atoms with E-state index >= 15 is 0 Å². The summed E-state index contributed by atoms with van der Waals surface area (Å²) in [6, 6.07) is 13.4. The number of amides is 1. The third-order valence-corrected chi connectivity index (χ3v) is 5.36. The average Bonchev–Trinajstić information content (AvgIpc) is 2.63. The third kappa shape index (κ3) is 3.93. The Kier molecular flexibility index (Phi) is 5.67. The van der Waals surface area contributed by atoms with Crippen LogP contribution in [0.2, 0.25) is 0 Å². The van der Waals surface area contributed by atoms with Crippen molar-refractivity contribution in [1.29, 1.82) is 0 Å². The van der Waals surface area contributed by atoms with Crippen LogP contribution in [0.1, 0.15) is 48.2 Å². The van der Waals surface area contributed by atoms with Gasteiger partial charge in [-0.2, -0.15) is 0 Å². The van der Waals surface area contributed by atoms with Crippen molar-refractivity contribution >= 4 is 29.3 Å². The van der Waals surface area contributed by atoms with Crippen molar-refractivity contribution in [3.63, 3.8) is 0 Å². The number of fused-ring (bicyclic) bond motifs is 1. The van der Waals surface area contributed by atoms with E-state index < -0.39 is 12.1 Å². The summed E-state index contributed by atoms with van der Waals surface area (Å²) in [5, 5.41) is 2.92. The maximum absolute atomic E-state index is 12.7. The number of cyclic esters (lactones) is 1. The van der Waals surface area contributed by atoms with Crippen LogP contribution in [0.3, 0.4) is 0 Å².